The monoisotopic (exact) mass is 248 g/mol. The van der Waals surface area contributed by atoms with Crippen LogP contribution in [0.25, 0.3) is 0 Å². The van der Waals surface area contributed by atoms with Gasteiger partial charge in [-0.2, -0.15) is 0 Å². The minimum atomic E-state index is -0.191. The molecule has 18 heavy (non-hydrogen) atoms. The molecule has 0 saturated carbocycles. The maximum absolute atomic E-state index is 11.6. The highest BCUT2D eigenvalue weighted by Gasteiger charge is 2.07. The Bertz CT molecular complexity index is 464. The molecule has 0 aromatic carbocycles. The Morgan fingerprint density at radius 3 is 3.17 bits per heavy atom. The van der Waals surface area contributed by atoms with Crippen LogP contribution in [0.1, 0.15) is 12.5 Å². The van der Waals surface area contributed by atoms with Gasteiger partial charge in [-0.15, -0.1) is 0 Å². The number of aromatic nitrogens is 2. The van der Waals surface area contributed by atoms with E-state index < -0.39 is 0 Å². The number of carbonyl (C=O) groups is 1. The molecule has 0 unspecified atom stereocenters. The largest absolute Gasteiger partial charge is 0.472 e. The smallest absolute Gasteiger partial charge is 0.315 e. The average Bonchev–Trinajstić information content (AvgIpc) is 2.98. The van der Waals surface area contributed by atoms with Gasteiger partial charge in [-0.3, -0.25) is 0 Å². The number of amides is 2. The van der Waals surface area contributed by atoms with Crippen LogP contribution < -0.4 is 10.6 Å². The Labute approximate surface area is 105 Å². The van der Waals surface area contributed by atoms with Crippen molar-refractivity contribution < 1.29 is 9.21 Å². The number of nitrogens with one attached hydrogen (secondary N) is 2. The fourth-order valence-corrected chi connectivity index (χ4v) is 1.61. The third-order valence-electron chi connectivity index (χ3n) is 2.45. The van der Waals surface area contributed by atoms with E-state index in [1.807, 2.05) is 23.8 Å². The summed E-state index contributed by atoms with van der Waals surface area (Å²) in [6, 6.07) is 1.65. The average molecular weight is 248 g/mol. The van der Waals surface area contributed by atoms with Crippen molar-refractivity contribution in [3.05, 3.63) is 42.9 Å². The summed E-state index contributed by atoms with van der Waals surface area (Å²) in [5.41, 5.74) is 0.937. The van der Waals surface area contributed by atoms with Gasteiger partial charge < -0.3 is 19.6 Å². The van der Waals surface area contributed by atoms with E-state index in [2.05, 4.69) is 15.6 Å². The van der Waals surface area contributed by atoms with Crippen LogP contribution in [-0.4, -0.2) is 21.6 Å². The number of urea groups is 1. The highest BCUT2D eigenvalue weighted by molar-refractivity contribution is 5.74. The summed E-state index contributed by atoms with van der Waals surface area (Å²) in [7, 11) is 0. The molecule has 2 amide bonds. The van der Waals surface area contributed by atoms with Crippen LogP contribution >= 0.6 is 0 Å². The van der Waals surface area contributed by atoms with Gasteiger partial charge in [0.05, 0.1) is 18.9 Å². The van der Waals surface area contributed by atoms with Crippen LogP contribution in [0.3, 0.4) is 0 Å². The van der Waals surface area contributed by atoms with Gasteiger partial charge >= 0.3 is 6.03 Å². The number of nitrogens with zero attached hydrogens (tertiary/aromatic N) is 2. The van der Waals surface area contributed by atoms with E-state index in [-0.39, 0.29) is 12.1 Å². The van der Waals surface area contributed by atoms with E-state index in [1.54, 1.807) is 25.1 Å². The maximum Gasteiger partial charge on any atom is 0.315 e. The molecule has 2 rings (SSSR count). The number of furan rings is 1. The molecule has 0 bridgehead atoms. The van der Waals surface area contributed by atoms with E-state index in [9.17, 15) is 4.79 Å². The lowest BCUT2D eigenvalue weighted by atomic mass is 10.3. The Morgan fingerprint density at radius 1 is 1.61 bits per heavy atom. The number of hydrogen-bond acceptors (Lipinski definition) is 3. The fraction of sp³-hybridized carbons (Fsp3) is 0.333. The molecule has 0 aliphatic carbocycles. The first-order valence-electron chi connectivity index (χ1n) is 5.75. The van der Waals surface area contributed by atoms with Crippen LogP contribution in [-0.2, 0) is 13.1 Å². The Balaban J connectivity index is 1.70. The highest BCUT2D eigenvalue weighted by Crippen LogP contribution is 1.98. The summed E-state index contributed by atoms with van der Waals surface area (Å²) in [4.78, 5) is 15.5. The second-order valence-corrected chi connectivity index (χ2v) is 4.12. The van der Waals surface area contributed by atoms with Crippen molar-refractivity contribution in [2.75, 3.05) is 0 Å². The molecule has 0 fully saturated rings. The summed E-state index contributed by atoms with van der Waals surface area (Å²) in [5.74, 6) is 0. The minimum absolute atomic E-state index is 0.0311. The van der Waals surface area contributed by atoms with Crippen LogP contribution in [0.5, 0.6) is 0 Å². The van der Waals surface area contributed by atoms with E-state index >= 15 is 0 Å². The molecule has 0 radical (unpaired) electrons. The zero-order valence-electron chi connectivity index (χ0n) is 10.2. The lowest BCUT2D eigenvalue weighted by Gasteiger charge is -2.14. The molecule has 2 aromatic heterocycles. The van der Waals surface area contributed by atoms with Crippen molar-refractivity contribution in [1.82, 2.24) is 20.2 Å². The van der Waals surface area contributed by atoms with Gasteiger partial charge in [-0.05, 0) is 13.0 Å². The van der Waals surface area contributed by atoms with Crippen molar-refractivity contribution >= 4 is 6.03 Å². The summed E-state index contributed by atoms with van der Waals surface area (Å²) < 4.78 is 6.83. The number of carbonyl (C=O) groups excluding carboxylic acids is 1. The summed E-state index contributed by atoms with van der Waals surface area (Å²) >= 11 is 0. The van der Waals surface area contributed by atoms with Gasteiger partial charge in [-0.1, -0.05) is 0 Å². The summed E-state index contributed by atoms with van der Waals surface area (Å²) in [6.45, 7) is 3.09. The predicted octanol–water partition coefficient (Wildman–Crippen LogP) is 1.36. The van der Waals surface area contributed by atoms with Crippen molar-refractivity contribution in [2.24, 2.45) is 0 Å². The van der Waals surface area contributed by atoms with Crippen molar-refractivity contribution in [3.63, 3.8) is 0 Å². The molecular weight excluding hydrogens is 232 g/mol. The molecule has 6 nitrogen and oxygen atoms in total. The first kappa shape index (κ1) is 12.2. The van der Waals surface area contributed by atoms with E-state index in [0.717, 1.165) is 5.56 Å². The molecule has 2 heterocycles. The van der Waals surface area contributed by atoms with Gasteiger partial charge in [0.1, 0.15) is 0 Å². The van der Waals surface area contributed by atoms with Crippen LogP contribution in [0, 0.1) is 0 Å². The first-order chi connectivity index (χ1) is 8.74. The summed E-state index contributed by atoms with van der Waals surface area (Å²) in [6.07, 6.45) is 8.49. The molecule has 6 heteroatoms. The number of hydrogen-bond donors (Lipinski definition) is 2. The first-order valence-corrected chi connectivity index (χ1v) is 5.75. The van der Waals surface area contributed by atoms with Crippen LogP contribution in [0.4, 0.5) is 4.79 Å². The standard InChI is InChI=1S/C12H16N4O2/c1-10(7-16-4-3-13-9-16)15-12(17)14-6-11-2-5-18-8-11/h2-5,8-10H,6-7H2,1H3,(H2,14,15,17)/t10-/m1/s1. The van der Waals surface area contributed by atoms with Crippen molar-refractivity contribution in [1.29, 1.82) is 0 Å². The molecule has 0 spiro atoms. The Morgan fingerprint density at radius 2 is 2.50 bits per heavy atom. The molecule has 2 N–H and O–H groups in total. The molecule has 0 aliphatic rings. The molecule has 1 atom stereocenters. The summed E-state index contributed by atoms with van der Waals surface area (Å²) in [5, 5.41) is 5.61. The normalized spacial score (nSPS) is 12.1. The van der Waals surface area contributed by atoms with E-state index in [1.165, 1.54) is 0 Å². The third kappa shape index (κ3) is 3.65. The van der Waals surface area contributed by atoms with Crippen LogP contribution in [0.15, 0.2) is 41.7 Å². The van der Waals surface area contributed by atoms with Gasteiger partial charge in [-0.25, -0.2) is 9.78 Å². The molecule has 0 saturated heterocycles. The van der Waals surface area contributed by atoms with Gasteiger partial charge in [0.25, 0.3) is 0 Å². The molecule has 2 aromatic rings. The highest BCUT2D eigenvalue weighted by atomic mass is 16.3. The number of imidazole rings is 1. The SMILES string of the molecule is C[C@H](Cn1ccnc1)NC(=O)NCc1ccoc1. The van der Waals surface area contributed by atoms with Gasteiger partial charge in [0.15, 0.2) is 0 Å². The van der Waals surface area contributed by atoms with E-state index in [0.29, 0.717) is 13.1 Å². The lowest BCUT2D eigenvalue weighted by Crippen LogP contribution is -2.42. The molecular formula is C12H16N4O2. The second kappa shape index (κ2) is 5.90. The van der Waals surface area contributed by atoms with Crippen molar-refractivity contribution in [2.45, 2.75) is 26.1 Å². The maximum atomic E-state index is 11.6. The minimum Gasteiger partial charge on any atom is -0.472 e. The number of rotatable bonds is 5. The van der Waals surface area contributed by atoms with E-state index in [4.69, 9.17) is 4.42 Å². The zero-order valence-corrected chi connectivity index (χ0v) is 10.2. The Kier molecular flexibility index (Phi) is 4.01. The lowest BCUT2D eigenvalue weighted by molar-refractivity contribution is 0.236. The Hall–Kier alpha value is -2.24. The topological polar surface area (TPSA) is 72.1 Å². The van der Waals surface area contributed by atoms with Crippen LogP contribution in [0.2, 0.25) is 0 Å². The van der Waals surface area contributed by atoms with Gasteiger partial charge in [0, 0.05) is 37.1 Å². The fourth-order valence-electron chi connectivity index (χ4n) is 1.61. The zero-order chi connectivity index (χ0) is 12.8. The third-order valence-corrected chi connectivity index (χ3v) is 2.45. The predicted molar refractivity (Wildman–Crippen MR) is 65.8 cm³/mol. The second-order valence-electron chi connectivity index (χ2n) is 4.12. The van der Waals surface area contributed by atoms with Crippen molar-refractivity contribution in [3.8, 4) is 0 Å². The molecule has 0 aliphatic heterocycles. The van der Waals surface area contributed by atoms with Gasteiger partial charge in [0.2, 0.25) is 0 Å². The molecule has 96 valence electrons. The quantitative estimate of drug-likeness (QED) is 0.839.